The van der Waals surface area contributed by atoms with Crippen LogP contribution < -0.4 is 5.32 Å². The van der Waals surface area contributed by atoms with Gasteiger partial charge in [0, 0.05) is 48.4 Å². The Labute approximate surface area is 132 Å². The summed E-state index contributed by atoms with van der Waals surface area (Å²) < 4.78 is 0. The zero-order valence-electron chi connectivity index (χ0n) is 13.1. The summed E-state index contributed by atoms with van der Waals surface area (Å²) in [5, 5.41) is 14.7. The minimum atomic E-state index is -0.486. The van der Waals surface area contributed by atoms with Gasteiger partial charge in [-0.05, 0) is 31.9 Å². The lowest BCUT2D eigenvalue weighted by molar-refractivity contribution is -0.0306. The maximum absolute atomic E-state index is 11.3. The van der Waals surface area contributed by atoms with Gasteiger partial charge in [0.1, 0.15) is 0 Å². The lowest BCUT2D eigenvalue weighted by Crippen LogP contribution is -2.49. The highest BCUT2D eigenvalue weighted by Gasteiger charge is 2.40. The lowest BCUT2D eigenvalue weighted by atomic mass is 9.74. The number of aliphatic hydroxyl groups is 1. The average molecular weight is 308 g/mol. The number of hydrogen-bond donors (Lipinski definition) is 2. The van der Waals surface area contributed by atoms with Crippen molar-refractivity contribution in [3.05, 3.63) is 21.9 Å². The molecule has 1 aliphatic carbocycles. The van der Waals surface area contributed by atoms with Crippen molar-refractivity contribution >= 4 is 11.3 Å². The Morgan fingerprint density at radius 2 is 1.95 bits per heavy atom. The number of nitrogens with one attached hydrogen (secondary N) is 1. The molecule has 2 N–H and O–H groups in total. The minimum absolute atomic E-state index is 0.287. The second kappa shape index (κ2) is 6.78. The summed E-state index contributed by atoms with van der Waals surface area (Å²) in [6, 6.07) is 4.45. The molecule has 1 aliphatic heterocycles. The summed E-state index contributed by atoms with van der Waals surface area (Å²) >= 11 is 1.87. The third kappa shape index (κ3) is 3.67. The van der Waals surface area contributed by atoms with Gasteiger partial charge in [-0.25, -0.2) is 0 Å². The van der Waals surface area contributed by atoms with Gasteiger partial charge in [-0.1, -0.05) is 19.3 Å². The molecule has 0 radical (unpaired) electrons. The topological polar surface area (TPSA) is 35.5 Å². The molecule has 21 heavy (non-hydrogen) atoms. The minimum Gasteiger partial charge on any atom is -0.389 e. The highest BCUT2D eigenvalue weighted by molar-refractivity contribution is 7.12. The average Bonchev–Trinajstić information content (AvgIpc) is 2.93. The molecule has 2 fully saturated rings. The van der Waals surface area contributed by atoms with Crippen molar-refractivity contribution in [1.82, 2.24) is 10.2 Å². The molecule has 0 spiro atoms. The molecule has 1 atom stereocenters. The van der Waals surface area contributed by atoms with Crippen LogP contribution in [0.4, 0.5) is 0 Å². The first-order chi connectivity index (χ1) is 10.2. The zero-order chi connectivity index (χ0) is 14.7. The van der Waals surface area contributed by atoms with Crippen LogP contribution in [0.15, 0.2) is 12.1 Å². The fraction of sp³-hybridized carbons (Fsp3) is 0.765. The lowest BCUT2D eigenvalue weighted by Gasteiger charge is -2.42. The van der Waals surface area contributed by atoms with Crippen LogP contribution in [0.5, 0.6) is 0 Å². The largest absolute Gasteiger partial charge is 0.389 e. The third-order valence-corrected chi connectivity index (χ3v) is 6.24. The van der Waals surface area contributed by atoms with Crippen LogP contribution in [-0.2, 0) is 0 Å². The second-order valence-electron chi connectivity index (χ2n) is 6.72. The van der Waals surface area contributed by atoms with Gasteiger partial charge >= 0.3 is 0 Å². The van der Waals surface area contributed by atoms with Crippen LogP contribution in [0.3, 0.4) is 0 Å². The van der Waals surface area contributed by atoms with Gasteiger partial charge in [0.05, 0.1) is 5.60 Å². The van der Waals surface area contributed by atoms with E-state index in [1.165, 1.54) is 29.0 Å². The molecule has 0 aromatic carbocycles. The van der Waals surface area contributed by atoms with Gasteiger partial charge in [0.2, 0.25) is 0 Å². The Bertz CT molecular complexity index is 447. The Morgan fingerprint density at radius 1 is 1.24 bits per heavy atom. The fourth-order valence-electron chi connectivity index (χ4n) is 3.83. The van der Waals surface area contributed by atoms with Crippen LogP contribution in [0, 0.1) is 6.92 Å². The Balaban J connectivity index is 1.79. The van der Waals surface area contributed by atoms with Gasteiger partial charge in [0.25, 0.3) is 0 Å². The fourth-order valence-corrected chi connectivity index (χ4v) is 4.91. The van der Waals surface area contributed by atoms with E-state index >= 15 is 0 Å². The number of rotatable bonds is 4. The van der Waals surface area contributed by atoms with E-state index < -0.39 is 5.60 Å². The van der Waals surface area contributed by atoms with Crippen molar-refractivity contribution in [2.75, 3.05) is 32.7 Å². The van der Waals surface area contributed by atoms with Crippen molar-refractivity contribution in [2.45, 2.75) is 50.5 Å². The van der Waals surface area contributed by atoms with E-state index in [0.29, 0.717) is 0 Å². The predicted molar refractivity (Wildman–Crippen MR) is 89.1 cm³/mol. The zero-order valence-corrected chi connectivity index (χ0v) is 13.9. The molecule has 1 saturated carbocycles. The van der Waals surface area contributed by atoms with Gasteiger partial charge in [-0.3, -0.25) is 0 Å². The Hall–Kier alpha value is -0.420. The number of hydrogen-bond acceptors (Lipinski definition) is 4. The molecule has 3 nitrogen and oxygen atoms in total. The van der Waals surface area contributed by atoms with E-state index in [1.54, 1.807) is 0 Å². The molecule has 2 aliphatic rings. The van der Waals surface area contributed by atoms with Crippen LogP contribution >= 0.6 is 11.3 Å². The molecule has 3 rings (SSSR count). The monoisotopic (exact) mass is 308 g/mol. The predicted octanol–water partition coefficient (Wildman–Crippen LogP) is 2.74. The number of thiophene rings is 1. The summed E-state index contributed by atoms with van der Waals surface area (Å²) in [4.78, 5) is 5.27. The molecule has 4 heteroatoms. The molecular weight excluding hydrogens is 280 g/mol. The van der Waals surface area contributed by atoms with Gasteiger partial charge < -0.3 is 15.3 Å². The van der Waals surface area contributed by atoms with Crippen LogP contribution in [0.1, 0.15) is 47.8 Å². The molecule has 2 heterocycles. The SMILES string of the molecule is Cc1ccc(C(CN2CCNCC2)C2(O)CCCCC2)s1. The molecule has 1 aromatic rings. The standard InChI is InChI=1S/C17H28N2OS/c1-14-5-6-16(21-14)15(13-19-11-9-18-10-12-19)17(20)7-3-2-4-8-17/h5-6,15,18,20H,2-4,7-13H2,1H3. The Kier molecular flexibility index (Phi) is 4.99. The molecule has 0 amide bonds. The quantitative estimate of drug-likeness (QED) is 0.898. The third-order valence-electron chi connectivity index (χ3n) is 5.12. The summed E-state index contributed by atoms with van der Waals surface area (Å²) in [5.41, 5.74) is -0.486. The number of aryl methyl sites for hydroxylation is 1. The molecule has 1 aromatic heterocycles. The van der Waals surface area contributed by atoms with Crippen molar-refractivity contribution in [3.8, 4) is 0 Å². The molecule has 0 bridgehead atoms. The highest BCUT2D eigenvalue weighted by atomic mass is 32.1. The van der Waals surface area contributed by atoms with E-state index in [9.17, 15) is 5.11 Å². The van der Waals surface area contributed by atoms with Gasteiger partial charge in [-0.15, -0.1) is 11.3 Å². The smallest absolute Gasteiger partial charge is 0.0736 e. The van der Waals surface area contributed by atoms with Crippen molar-refractivity contribution in [3.63, 3.8) is 0 Å². The number of piperazine rings is 1. The van der Waals surface area contributed by atoms with E-state index in [2.05, 4.69) is 29.3 Å². The van der Waals surface area contributed by atoms with E-state index in [-0.39, 0.29) is 5.92 Å². The van der Waals surface area contributed by atoms with E-state index in [1.807, 2.05) is 11.3 Å². The summed E-state index contributed by atoms with van der Waals surface area (Å²) in [6.07, 6.45) is 5.59. The second-order valence-corrected chi connectivity index (χ2v) is 8.04. The molecule has 1 saturated heterocycles. The first-order valence-electron chi connectivity index (χ1n) is 8.39. The van der Waals surface area contributed by atoms with Crippen LogP contribution in [0.2, 0.25) is 0 Å². The highest BCUT2D eigenvalue weighted by Crippen LogP contribution is 2.42. The van der Waals surface area contributed by atoms with Crippen molar-refractivity contribution in [1.29, 1.82) is 0 Å². The Morgan fingerprint density at radius 3 is 2.57 bits per heavy atom. The van der Waals surface area contributed by atoms with Crippen molar-refractivity contribution in [2.24, 2.45) is 0 Å². The maximum Gasteiger partial charge on any atom is 0.0736 e. The maximum atomic E-state index is 11.3. The molecule has 118 valence electrons. The van der Waals surface area contributed by atoms with E-state index in [0.717, 1.165) is 45.6 Å². The normalized spacial score (nSPS) is 24.9. The van der Waals surface area contributed by atoms with Gasteiger partial charge in [0.15, 0.2) is 0 Å². The summed E-state index contributed by atoms with van der Waals surface area (Å²) in [7, 11) is 0. The van der Waals surface area contributed by atoms with Crippen LogP contribution in [0.25, 0.3) is 0 Å². The molecule has 1 unspecified atom stereocenters. The van der Waals surface area contributed by atoms with Crippen molar-refractivity contribution < 1.29 is 5.11 Å². The number of nitrogens with zero attached hydrogens (tertiary/aromatic N) is 1. The van der Waals surface area contributed by atoms with E-state index in [4.69, 9.17) is 0 Å². The summed E-state index contributed by atoms with van der Waals surface area (Å²) in [5.74, 6) is 0.287. The van der Waals surface area contributed by atoms with Gasteiger partial charge in [-0.2, -0.15) is 0 Å². The first-order valence-corrected chi connectivity index (χ1v) is 9.21. The molecular formula is C17H28N2OS. The van der Waals surface area contributed by atoms with Crippen LogP contribution in [-0.4, -0.2) is 48.3 Å². The first kappa shape index (κ1) is 15.5. The summed E-state index contributed by atoms with van der Waals surface area (Å²) in [6.45, 7) is 7.55.